The second-order valence-corrected chi connectivity index (χ2v) is 7.84. The SMILES string of the molecule is CC1=NC2=C(C(=O)CCC2)[C@H](c2cccs2)C1C(=O)Nc1cccc(F)c1. The smallest absolute Gasteiger partial charge is 0.234 e. The number of amides is 1. The van der Waals surface area contributed by atoms with E-state index < -0.39 is 11.7 Å². The summed E-state index contributed by atoms with van der Waals surface area (Å²) >= 11 is 1.54. The molecule has 0 fully saturated rings. The van der Waals surface area contributed by atoms with Crippen molar-refractivity contribution in [3.05, 3.63) is 63.7 Å². The Kier molecular flexibility index (Phi) is 4.74. The minimum Gasteiger partial charge on any atom is -0.325 e. The summed E-state index contributed by atoms with van der Waals surface area (Å²) in [5.74, 6) is -1.53. The molecule has 2 atom stereocenters. The lowest BCUT2D eigenvalue weighted by Crippen LogP contribution is -2.38. The second kappa shape index (κ2) is 7.19. The predicted molar refractivity (Wildman–Crippen MR) is 105 cm³/mol. The fourth-order valence-electron chi connectivity index (χ4n) is 3.91. The number of halogens is 1. The first-order valence-electron chi connectivity index (χ1n) is 8.96. The van der Waals surface area contributed by atoms with Gasteiger partial charge in [-0.2, -0.15) is 0 Å². The second-order valence-electron chi connectivity index (χ2n) is 6.86. The number of thiophene rings is 1. The molecule has 1 aromatic carbocycles. The van der Waals surface area contributed by atoms with Crippen molar-refractivity contribution < 1.29 is 14.0 Å². The molecule has 4 nitrogen and oxygen atoms in total. The van der Waals surface area contributed by atoms with Crippen LogP contribution >= 0.6 is 11.3 Å². The number of rotatable bonds is 3. The van der Waals surface area contributed by atoms with Crippen LogP contribution in [0.25, 0.3) is 0 Å². The third-order valence-electron chi connectivity index (χ3n) is 5.06. The van der Waals surface area contributed by atoms with Crippen LogP contribution in [-0.4, -0.2) is 17.4 Å². The van der Waals surface area contributed by atoms with Crippen molar-refractivity contribution in [2.75, 3.05) is 5.32 Å². The molecule has 0 radical (unpaired) electrons. The molecule has 0 saturated heterocycles. The molecule has 6 heteroatoms. The van der Waals surface area contributed by atoms with Crippen LogP contribution in [0.2, 0.25) is 0 Å². The highest BCUT2D eigenvalue weighted by molar-refractivity contribution is 7.10. The Balaban J connectivity index is 1.74. The van der Waals surface area contributed by atoms with Gasteiger partial charge in [0.1, 0.15) is 5.82 Å². The molecule has 2 aromatic rings. The molecule has 27 heavy (non-hydrogen) atoms. The number of allylic oxidation sites excluding steroid dienone is 2. The van der Waals surface area contributed by atoms with E-state index in [2.05, 4.69) is 10.3 Å². The maximum Gasteiger partial charge on any atom is 0.234 e. The van der Waals surface area contributed by atoms with Crippen molar-refractivity contribution in [1.82, 2.24) is 0 Å². The number of benzene rings is 1. The maximum atomic E-state index is 13.5. The van der Waals surface area contributed by atoms with Gasteiger partial charge in [0.25, 0.3) is 0 Å². The highest BCUT2D eigenvalue weighted by Gasteiger charge is 2.42. The monoisotopic (exact) mass is 382 g/mol. The van der Waals surface area contributed by atoms with Crippen LogP contribution in [0.4, 0.5) is 10.1 Å². The van der Waals surface area contributed by atoms with Crippen molar-refractivity contribution in [3.8, 4) is 0 Å². The third kappa shape index (κ3) is 3.37. The summed E-state index contributed by atoms with van der Waals surface area (Å²) in [6, 6.07) is 9.69. The quantitative estimate of drug-likeness (QED) is 0.836. The van der Waals surface area contributed by atoms with E-state index in [0.29, 0.717) is 23.4 Å². The van der Waals surface area contributed by atoms with Gasteiger partial charge in [-0.3, -0.25) is 14.6 Å². The zero-order valence-electron chi connectivity index (χ0n) is 14.9. The zero-order valence-corrected chi connectivity index (χ0v) is 15.7. The number of nitrogens with one attached hydrogen (secondary N) is 1. The van der Waals surface area contributed by atoms with Gasteiger partial charge in [0.05, 0.1) is 5.92 Å². The van der Waals surface area contributed by atoms with Crippen molar-refractivity contribution >= 4 is 34.4 Å². The lowest BCUT2D eigenvalue weighted by Gasteiger charge is -2.34. The summed E-state index contributed by atoms with van der Waals surface area (Å²) < 4.78 is 13.5. The Morgan fingerprint density at radius 2 is 2.11 bits per heavy atom. The van der Waals surface area contributed by atoms with Gasteiger partial charge in [0, 0.05) is 39.9 Å². The van der Waals surface area contributed by atoms with Gasteiger partial charge in [-0.25, -0.2) is 4.39 Å². The van der Waals surface area contributed by atoms with Crippen LogP contribution in [0, 0.1) is 11.7 Å². The van der Waals surface area contributed by atoms with Gasteiger partial charge in [0.15, 0.2) is 5.78 Å². The van der Waals surface area contributed by atoms with Gasteiger partial charge in [-0.05, 0) is 49.4 Å². The molecule has 0 bridgehead atoms. The summed E-state index contributed by atoms with van der Waals surface area (Å²) in [5, 5.41) is 4.75. The Morgan fingerprint density at radius 1 is 1.26 bits per heavy atom. The van der Waals surface area contributed by atoms with Crippen molar-refractivity contribution in [2.24, 2.45) is 10.9 Å². The molecule has 2 heterocycles. The van der Waals surface area contributed by atoms with E-state index >= 15 is 0 Å². The first-order valence-corrected chi connectivity index (χ1v) is 9.84. The van der Waals surface area contributed by atoms with Crippen LogP contribution in [0.15, 0.2) is 58.0 Å². The van der Waals surface area contributed by atoms with E-state index in [-0.39, 0.29) is 17.6 Å². The molecule has 4 rings (SSSR count). The first kappa shape index (κ1) is 17.8. The number of Topliss-reactive ketones (excluding diaryl/α,β-unsaturated/α-hetero) is 1. The number of carbonyl (C=O) groups is 2. The molecule has 1 unspecified atom stereocenters. The van der Waals surface area contributed by atoms with Gasteiger partial charge < -0.3 is 5.32 Å². The molecular formula is C21H19FN2O2S. The minimum atomic E-state index is -0.590. The predicted octanol–water partition coefficient (Wildman–Crippen LogP) is 4.71. The number of aliphatic imine (C=N–C) groups is 1. The summed E-state index contributed by atoms with van der Waals surface area (Å²) in [6.07, 6.45) is 2.05. The van der Waals surface area contributed by atoms with Crippen LogP contribution in [-0.2, 0) is 9.59 Å². The molecule has 0 spiro atoms. The van der Waals surface area contributed by atoms with E-state index in [1.165, 1.54) is 23.5 Å². The molecular weight excluding hydrogens is 363 g/mol. The lowest BCUT2D eigenvalue weighted by atomic mass is 9.74. The number of nitrogens with zero attached hydrogens (tertiary/aromatic N) is 1. The average molecular weight is 382 g/mol. The maximum absolute atomic E-state index is 13.5. The number of hydrogen-bond donors (Lipinski definition) is 1. The van der Waals surface area contributed by atoms with E-state index in [4.69, 9.17) is 0 Å². The highest BCUT2D eigenvalue weighted by atomic mass is 32.1. The van der Waals surface area contributed by atoms with Gasteiger partial charge in [0.2, 0.25) is 5.91 Å². The van der Waals surface area contributed by atoms with Crippen molar-refractivity contribution in [2.45, 2.75) is 32.1 Å². The Morgan fingerprint density at radius 3 is 2.85 bits per heavy atom. The van der Waals surface area contributed by atoms with Crippen molar-refractivity contribution in [3.63, 3.8) is 0 Å². The summed E-state index contributed by atoms with van der Waals surface area (Å²) in [5.41, 5.74) is 2.58. The number of ketones is 1. The molecule has 1 aliphatic heterocycles. The van der Waals surface area contributed by atoms with Crippen LogP contribution < -0.4 is 5.32 Å². The Hall–Kier alpha value is -2.60. The average Bonchev–Trinajstić information content (AvgIpc) is 3.15. The van der Waals surface area contributed by atoms with Gasteiger partial charge in [-0.15, -0.1) is 11.3 Å². The summed E-state index contributed by atoms with van der Waals surface area (Å²) in [7, 11) is 0. The van der Waals surface area contributed by atoms with Crippen LogP contribution in [0.3, 0.4) is 0 Å². The normalized spacial score (nSPS) is 22.3. The molecule has 138 valence electrons. The zero-order chi connectivity index (χ0) is 19.0. The molecule has 1 aliphatic carbocycles. The standard InChI is InChI=1S/C21H19FN2O2S/c1-12-18(21(26)24-14-6-2-5-13(22)11-14)20(17-9-4-10-27-17)19-15(23-12)7-3-8-16(19)25/h2,4-6,9-11,18,20H,3,7-8H2,1H3,(H,24,26)/t18?,20-/m1/s1. The highest BCUT2D eigenvalue weighted by Crippen LogP contribution is 2.44. The molecule has 1 aromatic heterocycles. The number of hydrogen-bond acceptors (Lipinski definition) is 4. The largest absolute Gasteiger partial charge is 0.325 e. The van der Waals surface area contributed by atoms with Gasteiger partial charge in [-0.1, -0.05) is 12.1 Å². The van der Waals surface area contributed by atoms with Gasteiger partial charge >= 0.3 is 0 Å². The summed E-state index contributed by atoms with van der Waals surface area (Å²) in [6.45, 7) is 1.83. The number of anilines is 1. The molecule has 1 N–H and O–H groups in total. The van der Waals surface area contributed by atoms with E-state index in [1.54, 1.807) is 12.1 Å². The summed E-state index contributed by atoms with van der Waals surface area (Å²) in [4.78, 5) is 31.4. The third-order valence-corrected chi connectivity index (χ3v) is 6.01. The van der Waals surface area contributed by atoms with Crippen LogP contribution in [0.1, 0.15) is 37.0 Å². The number of carbonyl (C=O) groups excluding carboxylic acids is 2. The minimum absolute atomic E-state index is 0.0782. The van der Waals surface area contributed by atoms with E-state index in [9.17, 15) is 14.0 Å². The molecule has 0 saturated carbocycles. The fraction of sp³-hybridized carbons (Fsp3) is 0.286. The van der Waals surface area contributed by atoms with E-state index in [0.717, 1.165) is 23.4 Å². The van der Waals surface area contributed by atoms with Crippen LogP contribution in [0.5, 0.6) is 0 Å². The lowest BCUT2D eigenvalue weighted by molar-refractivity contribution is -0.118. The molecule has 2 aliphatic rings. The molecule has 1 amide bonds. The Labute approximate surface area is 160 Å². The fourth-order valence-corrected chi connectivity index (χ4v) is 4.78. The Bertz CT molecular complexity index is 962. The van der Waals surface area contributed by atoms with E-state index in [1.807, 2.05) is 24.4 Å². The topological polar surface area (TPSA) is 58.5 Å². The first-order chi connectivity index (χ1) is 13.0. The van der Waals surface area contributed by atoms with Crippen molar-refractivity contribution in [1.29, 1.82) is 0 Å².